The summed E-state index contributed by atoms with van der Waals surface area (Å²) in [4.78, 5) is 5.04. The number of piperazine rings is 1. The van der Waals surface area contributed by atoms with E-state index in [0.717, 1.165) is 38.6 Å². The zero-order valence-corrected chi connectivity index (χ0v) is 15.3. The van der Waals surface area contributed by atoms with Crippen LogP contribution in [0.15, 0.2) is 24.3 Å². The first-order chi connectivity index (χ1) is 9.54. The van der Waals surface area contributed by atoms with Crippen molar-refractivity contribution in [3.8, 4) is 0 Å². The Labute approximate surface area is 147 Å². The lowest BCUT2D eigenvalue weighted by Gasteiger charge is -2.40. The Morgan fingerprint density at radius 3 is 2.32 bits per heavy atom. The van der Waals surface area contributed by atoms with Crippen LogP contribution < -0.4 is 10.6 Å². The zero-order valence-electron chi connectivity index (χ0n) is 13.6. The van der Waals surface area contributed by atoms with Crippen LogP contribution in [0.4, 0.5) is 5.69 Å². The van der Waals surface area contributed by atoms with E-state index in [1.165, 1.54) is 24.1 Å². The molecule has 1 saturated carbocycles. The molecule has 3 nitrogen and oxygen atoms in total. The molecule has 2 N–H and O–H groups in total. The van der Waals surface area contributed by atoms with Crippen LogP contribution in [0.25, 0.3) is 0 Å². The SMILES string of the molecule is Cc1cccc(N2CCN(CC(C)(N)C3CC3)CC2)c1.Cl.Cl. The van der Waals surface area contributed by atoms with Crippen molar-refractivity contribution in [2.75, 3.05) is 37.6 Å². The van der Waals surface area contributed by atoms with Crippen LogP contribution in [0.1, 0.15) is 25.3 Å². The van der Waals surface area contributed by atoms with Gasteiger partial charge >= 0.3 is 0 Å². The second-order valence-corrected chi connectivity index (χ2v) is 6.88. The summed E-state index contributed by atoms with van der Waals surface area (Å²) in [5.41, 5.74) is 9.19. The van der Waals surface area contributed by atoms with Crippen molar-refractivity contribution in [2.24, 2.45) is 11.7 Å². The summed E-state index contributed by atoms with van der Waals surface area (Å²) in [6, 6.07) is 8.82. The minimum atomic E-state index is 0. The molecule has 0 radical (unpaired) electrons. The standard InChI is InChI=1S/C17H27N3.2ClH/c1-14-4-3-5-16(12-14)20-10-8-19(9-11-20)13-17(2,18)15-6-7-15;;/h3-5,12,15H,6-11,13,18H2,1-2H3;2*1H. The molecule has 126 valence electrons. The number of benzene rings is 1. The normalized spacial score (nSPS) is 21.5. The van der Waals surface area contributed by atoms with Gasteiger partial charge in [0.1, 0.15) is 0 Å². The number of anilines is 1. The van der Waals surface area contributed by atoms with Gasteiger partial charge in [0.05, 0.1) is 0 Å². The van der Waals surface area contributed by atoms with Crippen molar-refractivity contribution in [3.05, 3.63) is 29.8 Å². The van der Waals surface area contributed by atoms with Crippen molar-refractivity contribution in [2.45, 2.75) is 32.2 Å². The van der Waals surface area contributed by atoms with Gasteiger partial charge in [-0.3, -0.25) is 4.90 Å². The number of nitrogens with two attached hydrogens (primary N) is 1. The van der Waals surface area contributed by atoms with E-state index in [1.54, 1.807) is 0 Å². The predicted molar refractivity (Wildman–Crippen MR) is 99.6 cm³/mol. The molecule has 1 atom stereocenters. The lowest BCUT2D eigenvalue weighted by atomic mass is 9.96. The molecule has 22 heavy (non-hydrogen) atoms. The van der Waals surface area contributed by atoms with Gasteiger partial charge in [-0.1, -0.05) is 12.1 Å². The second kappa shape index (κ2) is 7.87. The Balaban J connectivity index is 0.00000121. The highest BCUT2D eigenvalue weighted by molar-refractivity contribution is 5.85. The molecule has 1 unspecified atom stereocenters. The molecule has 2 fully saturated rings. The number of hydrogen-bond acceptors (Lipinski definition) is 3. The highest BCUT2D eigenvalue weighted by Gasteiger charge is 2.39. The summed E-state index contributed by atoms with van der Waals surface area (Å²) in [6.45, 7) is 9.95. The minimum Gasteiger partial charge on any atom is -0.369 e. The summed E-state index contributed by atoms with van der Waals surface area (Å²) in [7, 11) is 0. The largest absolute Gasteiger partial charge is 0.369 e. The first kappa shape index (κ1) is 19.6. The van der Waals surface area contributed by atoms with Gasteiger partial charge in [-0.05, 0) is 50.3 Å². The van der Waals surface area contributed by atoms with E-state index >= 15 is 0 Å². The molecule has 0 bridgehead atoms. The van der Waals surface area contributed by atoms with Gasteiger partial charge in [0, 0.05) is 44.0 Å². The summed E-state index contributed by atoms with van der Waals surface area (Å²) in [5, 5.41) is 0. The van der Waals surface area contributed by atoms with Crippen LogP contribution in [-0.4, -0.2) is 43.2 Å². The van der Waals surface area contributed by atoms with Crippen LogP contribution in [0.5, 0.6) is 0 Å². The van der Waals surface area contributed by atoms with E-state index in [-0.39, 0.29) is 30.4 Å². The maximum Gasteiger partial charge on any atom is 0.0369 e. The van der Waals surface area contributed by atoms with Crippen LogP contribution >= 0.6 is 24.8 Å². The fraction of sp³-hybridized carbons (Fsp3) is 0.647. The Kier molecular flexibility index (Phi) is 7.00. The second-order valence-electron chi connectivity index (χ2n) is 6.88. The van der Waals surface area contributed by atoms with Crippen molar-refractivity contribution < 1.29 is 0 Å². The molecule has 1 saturated heterocycles. The Morgan fingerprint density at radius 2 is 1.77 bits per heavy atom. The Bertz CT molecular complexity index is 467. The number of halogens is 2. The summed E-state index contributed by atoms with van der Waals surface area (Å²) < 4.78 is 0. The zero-order chi connectivity index (χ0) is 14.2. The first-order valence-corrected chi connectivity index (χ1v) is 7.87. The molecule has 1 aromatic rings. The molecular weight excluding hydrogens is 317 g/mol. The molecule has 2 aliphatic rings. The third-order valence-electron chi connectivity index (χ3n) is 4.81. The van der Waals surface area contributed by atoms with E-state index in [2.05, 4.69) is 47.9 Å². The summed E-state index contributed by atoms with van der Waals surface area (Å²) in [6.07, 6.45) is 2.66. The van der Waals surface area contributed by atoms with Crippen LogP contribution in [0, 0.1) is 12.8 Å². The van der Waals surface area contributed by atoms with Gasteiger partial charge in [-0.2, -0.15) is 0 Å². The van der Waals surface area contributed by atoms with E-state index < -0.39 is 0 Å². The van der Waals surface area contributed by atoms with E-state index in [0.29, 0.717) is 0 Å². The lowest BCUT2D eigenvalue weighted by molar-refractivity contribution is 0.193. The van der Waals surface area contributed by atoms with Crippen LogP contribution in [-0.2, 0) is 0 Å². The number of aryl methyl sites for hydroxylation is 1. The predicted octanol–water partition coefficient (Wildman–Crippen LogP) is 3.09. The summed E-state index contributed by atoms with van der Waals surface area (Å²) >= 11 is 0. The molecule has 0 aromatic heterocycles. The maximum atomic E-state index is 6.46. The number of nitrogens with zero attached hydrogens (tertiary/aromatic N) is 2. The molecule has 1 aliphatic heterocycles. The summed E-state index contributed by atoms with van der Waals surface area (Å²) in [5.74, 6) is 0.761. The van der Waals surface area contributed by atoms with Gasteiger partial charge in [0.15, 0.2) is 0 Å². The smallest absolute Gasteiger partial charge is 0.0369 e. The molecule has 1 aliphatic carbocycles. The molecule has 0 amide bonds. The third-order valence-corrected chi connectivity index (χ3v) is 4.81. The molecule has 1 aromatic carbocycles. The average molecular weight is 346 g/mol. The van der Waals surface area contributed by atoms with Crippen molar-refractivity contribution in [1.29, 1.82) is 0 Å². The average Bonchev–Trinajstić information content (AvgIpc) is 3.24. The highest BCUT2D eigenvalue weighted by atomic mass is 35.5. The number of hydrogen-bond donors (Lipinski definition) is 1. The van der Waals surface area contributed by atoms with Gasteiger partial charge in [-0.15, -0.1) is 24.8 Å². The fourth-order valence-electron chi connectivity index (χ4n) is 3.34. The van der Waals surface area contributed by atoms with Gasteiger partial charge < -0.3 is 10.6 Å². The quantitative estimate of drug-likeness (QED) is 0.909. The molecule has 1 heterocycles. The minimum absolute atomic E-state index is 0. The third kappa shape index (κ3) is 4.76. The van der Waals surface area contributed by atoms with Crippen LogP contribution in [0.3, 0.4) is 0 Å². The molecule has 0 spiro atoms. The Hall–Kier alpha value is -0.480. The molecular formula is C17H29Cl2N3. The van der Waals surface area contributed by atoms with Crippen molar-refractivity contribution in [1.82, 2.24) is 4.90 Å². The molecule has 3 rings (SSSR count). The first-order valence-electron chi connectivity index (χ1n) is 7.87. The van der Waals surface area contributed by atoms with Gasteiger partial charge in [0.2, 0.25) is 0 Å². The maximum absolute atomic E-state index is 6.46. The van der Waals surface area contributed by atoms with E-state index in [9.17, 15) is 0 Å². The van der Waals surface area contributed by atoms with Crippen LogP contribution in [0.2, 0.25) is 0 Å². The lowest BCUT2D eigenvalue weighted by Crippen LogP contribution is -2.55. The Morgan fingerprint density at radius 1 is 1.14 bits per heavy atom. The van der Waals surface area contributed by atoms with Gasteiger partial charge in [-0.25, -0.2) is 0 Å². The van der Waals surface area contributed by atoms with Gasteiger partial charge in [0.25, 0.3) is 0 Å². The fourth-order valence-corrected chi connectivity index (χ4v) is 3.34. The topological polar surface area (TPSA) is 32.5 Å². The number of rotatable bonds is 4. The van der Waals surface area contributed by atoms with Crippen molar-refractivity contribution in [3.63, 3.8) is 0 Å². The molecule has 5 heteroatoms. The monoisotopic (exact) mass is 345 g/mol. The highest BCUT2D eigenvalue weighted by Crippen LogP contribution is 2.38. The van der Waals surface area contributed by atoms with E-state index in [4.69, 9.17) is 5.73 Å². The van der Waals surface area contributed by atoms with Crippen molar-refractivity contribution >= 4 is 30.5 Å². The van der Waals surface area contributed by atoms with E-state index in [1.807, 2.05) is 0 Å².